The highest BCUT2D eigenvalue weighted by Crippen LogP contribution is 2.42. The summed E-state index contributed by atoms with van der Waals surface area (Å²) in [6, 6.07) is 8.34. The lowest BCUT2D eigenvalue weighted by molar-refractivity contribution is 0.439. The van der Waals surface area contributed by atoms with Crippen molar-refractivity contribution in [2.45, 2.75) is 57.5 Å². The first kappa shape index (κ1) is 19.2. The summed E-state index contributed by atoms with van der Waals surface area (Å²) in [5.41, 5.74) is 3.84. The van der Waals surface area contributed by atoms with Crippen LogP contribution in [-0.4, -0.2) is 24.9 Å². The van der Waals surface area contributed by atoms with Gasteiger partial charge in [-0.2, -0.15) is 0 Å². The second kappa shape index (κ2) is 7.07. The minimum atomic E-state index is -0.218. The summed E-state index contributed by atoms with van der Waals surface area (Å²) in [6.45, 7) is 8.78. The van der Waals surface area contributed by atoms with E-state index in [1.807, 2.05) is 13.1 Å². The predicted octanol–water partition coefficient (Wildman–Crippen LogP) is 4.46. The summed E-state index contributed by atoms with van der Waals surface area (Å²) in [4.78, 5) is 18.7. The maximum atomic E-state index is 13.7. The van der Waals surface area contributed by atoms with Gasteiger partial charge < -0.3 is 0 Å². The van der Waals surface area contributed by atoms with Crippen LogP contribution in [0.1, 0.15) is 51.7 Å². The molecule has 1 aromatic carbocycles. The van der Waals surface area contributed by atoms with E-state index in [1.54, 1.807) is 20.8 Å². The normalized spacial score (nSPS) is 18.5. The van der Waals surface area contributed by atoms with Crippen molar-refractivity contribution in [1.82, 2.24) is 19.2 Å². The van der Waals surface area contributed by atoms with Gasteiger partial charge in [0.2, 0.25) is 5.78 Å². The first-order valence-corrected chi connectivity index (χ1v) is 11.1. The number of nitrogens with zero attached hydrogens (tertiary/aromatic N) is 4. The van der Waals surface area contributed by atoms with Crippen molar-refractivity contribution in [2.24, 2.45) is 13.0 Å². The topological polar surface area (TPSA) is 52.2 Å². The fourth-order valence-corrected chi connectivity index (χ4v) is 5.30. The fourth-order valence-electron chi connectivity index (χ4n) is 4.05. The number of hydrogen-bond acceptors (Lipinski definition) is 4. The highest BCUT2D eigenvalue weighted by molar-refractivity contribution is 7.99. The van der Waals surface area contributed by atoms with Crippen molar-refractivity contribution in [3.8, 4) is 11.3 Å². The zero-order chi connectivity index (χ0) is 20.1. The third-order valence-corrected chi connectivity index (χ3v) is 6.91. The number of hydrogen-bond donors (Lipinski definition) is 0. The van der Waals surface area contributed by atoms with E-state index in [4.69, 9.17) is 4.98 Å². The van der Waals surface area contributed by atoms with E-state index in [-0.39, 0.29) is 11.0 Å². The average Bonchev–Trinajstić information content (AvgIpc) is 2.97. The molecule has 0 bridgehead atoms. The third kappa shape index (κ3) is 2.98. The molecule has 6 heteroatoms. The van der Waals surface area contributed by atoms with Crippen LogP contribution in [0, 0.1) is 5.92 Å². The lowest BCUT2D eigenvalue weighted by atomic mass is 9.69. The molecule has 0 aliphatic heterocycles. The lowest BCUT2D eigenvalue weighted by Gasteiger charge is -2.34. The highest BCUT2D eigenvalue weighted by atomic mass is 32.2. The highest BCUT2D eigenvalue weighted by Gasteiger charge is 2.38. The van der Waals surface area contributed by atoms with E-state index in [1.165, 1.54) is 5.56 Å². The van der Waals surface area contributed by atoms with Gasteiger partial charge in [-0.3, -0.25) is 4.79 Å². The smallest absolute Gasteiger partial charge is 0.265 e. The van der Waals surface area contributed by atoms with Crippen LogP contribution in [0.15, 0.2) is 34.2 Å². The third-order valence-electron chi connectivity index (χ3n) is 5.95. The Bertz CT molecular complexity index is 1100. The second-order valence-corrected chi connectivity index (χ2v) is 9.52. The second-order valence-electron chi connectivity index (χ2n) is 8.46. The molecule has 1 aliphatic rings. The number of aromatic nitrogens is 4. The van der Waals surface area contributed by atoms with E-state index in [0.29, 0.717) is 11.7 Å². The Kier molecular flexibility index (Phi) is 4.86. The van der Waals surface area contributed by atoms with E-state index < -0.39 is 0 Å². The van der Waals surface area contributed by atoms with Crippen molar-refractivity contribution < 1.29 is 0 Å². The van der Waals surface area contributed by atoms with Gasteiger partial charge in [0.15, 0.2) is 5.16 Å². The van der Waals surface area contributed by atoms with Crippen molar-refractivity contribution in [2.75, 3.05) is 5.75 Å². The van der Waals surface area contributed by atoms with Gasteiger partial charge in [-0.1, -0.05) is 63.7 Å². The lowest BCUT2D eigenvalue weighted by Crippen LogP contribution is -2.37. The van der Waals surface area contributed by atoms with Crippen LogP contribution in [0.25, 0.3) is 17.0 Å². The molecule has 0 N–H and O–H groups in total. The fraction of sp³-hybridized carbons (Fsp3) is 0.500. The van der Waals surface area contributed by atoms with Crippen LogP contribution in [0.5, 0.6) is 0 Å². The molecule has 3 aromatic rings. The number of aryl methyl sites for hydroxylation is 1. The van der Waals surface area contributed by atoms with E-state index >= 15 is 0 Å². The molecule has 0 fully saturated rings. The monoisotopic (exact) mass is 396 g/mol. The summed E-state index contributed by atoms with van der Waals surface area (Å²) in [6.07, 6.45) is 2.86. The summed E-state index contributed by atoms with van der Waals surface area (Å²) in [5.74, 6) is 2.19. The molecule has 1 aliphatic carbocycles. The summed E-state index contributed by atoms with van der Waals surface area (Å²) in [7, 11) is 1.87. The van der Waals surface area contributed by atoms with Crippen LogP contribution in [0.4, 0.5) is 0 Å². The minimum absolute atomic E-state index is 0.0407. The molecule has 0 saturated carbocycles. The molecule has 1 atom stereocenters. The molecule has 4 rings (SSSR count). The van der Waals surface area contributed by atoms with Crippen LogP contribution in [0.2, 0.25) is 0 Å². The number of benzene rings is 1. The Morgan fingerprint density at radius 3 is 2.75 bits per heavy atom. The number of rotatable bonds is 5. The zero-order valence-corrected chi connectivity index (χ0v) is 18.1. The molecule has 0 saturated heterocycles. The number of fused-ring (bicyclic) bond motifs is 4. The molecule has 0 spiro atoms. The maximum Gasteiger partial charge on any atom is 0.265 e. The minimum Gasteiger partial charge on any atom is -0.268 e. The molecule has 28 heavy (non-hydrogen) atoms. The Labute approximate surface area is 170 Å². The average molecular weight is 397 g/mol. The van der Waals surface area contributed by atoms with E-state index in [2.05, 4.69) is 51.0 Å². The molecule has 0 amide bonds. The molecule has 5 nitrogen and oxygen atoms in total. The molecule has 0 radical (unpaired) electrons. The first-order chi connectivity index (χ1) is 13.4. The standard InChI is InChI=1S/C22H28N4OS/c1-6-22(4)13-15-9-7-8-10-16(15)18-17(22)19(27)26-20(23-18)25(5)24-21(26)28-12-11-14(2)3/h7-10,14H,6,11-13H2,1-5H3/t22-/m1/s1. The van der Waals surface area contributed by atoms with E-state index in [9.17, 15) is 4.79 Å². The van der Waals surface area contributed by atoms with Crippen LogP contribution in [-0.2, 0) is 18.9 Å². The number of thioether (sulfide) groups is 1. The van der Waals surface area contributed by atoms with Crippen molar-refractivity contribution in [3.63, 3.8) is 0 Å². The van der Waals surface area contributed by atoms with Crippen molar-refractivity contribution >= 4 is 17.5 Å². The molecule has 148 valence electrons. The van der Waals surface area contributed by atoms with Gasteiger partial charge in [0.05, 0.1) is 11.3 Å². The van der Waals surface area contributed by atoms with Gasteiger partial charge >= 0.3 is 0 Å². The largest absolute Gasteiger partial charge is 0.268 e. The molecular weight excluding hydrogens is 368 g/mol. The summed E-state index contributed by atoms with van der Waals surface area (Å²) >= 11 is 1.65. The summed E-state index contributed by atoms with van der Waals surface area (Å²) in [5, 5.41) is 5.37. The molecule has 0 unspecified atom stereocenters. The van der Waals surface area contributed by atoms with Gasteiger partial charge in [0.25, 0.3) is 5.56 Å². The van der Waals surface area contributed by atoms with Crippen LogP contribution in [0.3, 0.4) is 0 Å². The SMILES string of the molecule is CC[C@]1(C)Cc2ccccc2-c2nc3n(C)nc(SCCC(C)C)n3c(=O)c21. The van der Waals surface area contributed by atoms with Gasteiger partial charge in [0, 0.05) is 23.8 Å². The van der Waals surface area contributed by atoms with Gasteiger partial charge in [-0.15, -0.1) is 5.10 Å². The Hall–Kier alpha value is -2.08. The quantitative estimate of drug-likeness (QED) is 0.598. The van der Waals surface area contributed by atoms with Crippen LogP contribution < -0.4 is 5.56 Å². The molecule has 2 heterocycles. The maximum absolute atomic E-state index is 13.7. The van der Waals surface area contributed by atoms with Crippen molar-refractivity contribution in [3.05, 3.63) is 45.7 Å². The summed E-state index contributed by atoms with van der Waals surface area (Å²) < 4.78 is 3.46. The van der Waals surface area contributed by atoms with Gasteiger partial charge in [0.1, 0.15) is 0 Å². The zero-order valence-electron chi connectivity index (χ0n) is 17.3. The Morgan fingerprint density at radius 1 is 1.29 bits per heavy atom. The van der Waals surface area contributed by atoms with Crippen LogP contribution >= 0.6 is 11.8 Å². The van der Waals surface area contributed by atoms with Gasteiger partial charge in [-0.25, -0.2) is 14.1 Å². The first-order valence-electron chi connectivity index (χ1n) is 10.1. The van der Waals surface area contributed by atoms with Gasteiger partial charge in [-0.05, 0) is 30.7 Å². The molecular formula is C22H28N4OS. The van der Waals surface area contributed by atoms with Crippen molar-refractivity contribution in [1.29, 1.82) is 0 Å². The Morgan fingerprint density at radius 2 is 2.04 bits per heavy atom. The predicted molar refractivity (Wildman–Crippen MR) is 115 cm³/mol. The molecule has 2 aromatic heterocycles. The van der Waals surface area contributed by atoms with E-state index in [0.717, 1.165) is 47.0 Å². The Balaban J connectivity index is 1.96.